The Bertz CT molecular complexity index is 602. The van der Waals surface area contributed by atoms with Crippen LogP contribution in [0.5, 0.6) is 11.5 Å². The fourth-order valence-corrected chi connectivity index (χ4v) is 2.11. The fraction of sp³-hybridized carbons (Fsp3) is 0.200. The molecule has 0 saturated heterocycles. The van der Waals surface area contributed by atoms with Crippen LogP contribution in [0.4, 0.5) is 5.69 Å². The van der Waals surface area contributed by atoms with E-state index in [9.17, 15) is 0 Å². The number of benzene rings is 2. The van der Waals surface area contributed by atoms with Gasteiger partial charge < -0.3 is 14.8 Å². The molecule has 3 nitrogen and oxygen atoms in total. The van der Waals surface area contributed by atoms with Crippen molar-refractivity contribution >= 4 is 28.9 Å². The summed E-state index contributed by atoms with van der Waals surface area (Å²) in [5.41, 5.74) is 1.93. The second-order valence-electron chi connectivity index (χ2n) is 4.17. The van der Waals surface area contributed by atoms with Crippen molar-refractivity contribution in [2.24, 2.45) is 0 Å². The molecule has 2 aromatic carbocycles. The molecule has 0 aliphatic rings. The van der Waals surface area contributed by atoms with Crippen LogP contribution in [0.2, 0.25) is 10.0 Å². The van der Waals surface area contributed by atoms with Crippen molar-refractivity contribution in [1.29, 1.82) is 0 Å². The number of halogens is 2. The van der Waals surface area contributed by atoms with E-state index in [1.807, 2.05) is 30.3 Å². The lowest BCUT2D eigenvalue weighted by molar-refractivity contribution is 0.395. The molecule has 5 heteroatoms. The predicted octanol–water partition coefficient (Wildman–Crippen LogP) is 4.62. The third kappa shape index (κ3) is 3.50. The van der Waals surface area contributed by atoms with E-state index < -0.39 is 0 Å². The summed E-state index contributed by atoms with van der Waals surface area (Å²) >= 11 is 11.9. The standard InChI is InChI=1S/C15H15Cl2NO2/c1-19-11-4-6-14(15(8-11)20-2)18-9-10-3-5-12(16)13(17)7-10/h3-8,18H,9H2,1-2H3. The second kappa shape index (κ2) is 6.73. The predicted molar refractivity (Wildman–Crippen MR) is 83.3 cm³/mol. The van der Waals surface area contributed by atoms with Gasteiger partial charge in [0.15, 0.2) is 0 Å². The van der Waals surface area contributed by atoms with Crippen LogP contribution in [-0.2, 0) is 6.54 Å². The minimum atomic E-state index is 0.549. The SMILES string of the molecule is COc1ccc(NCc2ccc(Cl)c(Cl)c2)c(OC)c1. The van der Waals surface area contributed by atoms with Crippen molar-refractivity contribution in [3.05, 3.63) is 52.0 Å². The number of hydrogen-bond acceptors (Lipinski definition) is 3. The van der Waals surface area contributed by atoms with Gasteiger partial charge >= 0.3 is 0 Å². The topological polar surface area (TPSA) is 30.5 Å². The van der Waals surface area contributed by atoms with Crippen LogP contribution in [0.15, 0.2) is 36.4 Å². The van der Waals surface area contributed by atoms with E-state index in [0.29, 0.717) is 16.6 Å². The third-order valence-corrected chi connectivity index (χ3v) is 3.61. The highest BCUT2D eigenvalue weighted by atomic mass is 35.5. The Labute approximate surface area is 128 Å². The molecule has 0 saturated carbocycles. The van der Waals surface area contributed by atoms with Gasteiger partial charge in [0.1, 0.15) is 11.5 Å². The van der Waals surface area contributed by atoms with E-state index in [-0.39, 0.29) is 0 Å². The first kappa shape index (κ1) is 14.8. The summed E-state index contributed by atoms with van der Waals surface area (Å²) in [6, 6.07) is 11.2. The zero-order valence-electron chi connectivity index (χ0n) is 11.2. The molecule has 0 fully saturated rings. The number of rotatable bonds is 5. The van der Waals surface area contributed by atoms with Gasteiger partial charge in [0.25, 0.3) is 0 Å². The molecule has 0 heterocycles. The van der Waals surface area contributed by atoms with Gasteiger partial charge in [-0.1, -0.05) is 29.3 Å². The molecule has 0 amide bonds. The van der Waals surface area contributed by atoms with E-state index in [1.165, 1.54) is 0 Å². The highest BCUT2D eigenvalue weighted by Gasteiger charge is 2.05. The summed E-state index contributed by atoms with van der Waals surface area (Å²) in [7, 11) is 3.25. The van der Waals surface area contributed by atoms with Gasteiger partial charge in [0.2, 0.25) is 0 Å². The maximum Gasteiger partial charge on any atom is 0.145 e. The summed E-state index contributed by atoms with van der Waals surface area (Å²) in [6.45, 7) is 0.625. The fourth-order valence-electron chi connectivity index (χ4n) is 1.79. The molecule has 2 aromatic rings. The molecule has 0 aromatic heterocycles. The van der Waals surface area contributed by atoms with Gasteiger partial charge in [-0.3, -0.25) is 0 Å². The van der Waals surface area contributed by atoms with Crippen LogP contribution in [0, 0.1) is 0 Å². The zero-order valence-corrected chi connectivity index (χ0v) is 12.8. The molecule has 0 atom stereocenters. The number of anilines is 1. The van der Waals surface area contributed by atoms with Gasteiger partial charge in [-0.2, -0.15) is 0 Å². The highest BCUT2D eigenvalue weighted by molar-refractivity contribution is 6.42. The molecule has 1 N–H and O–H groups in total. The first-order valence-corrected chi connectivity index (χ1v) is 6.79. The summed E-state index contributed by atoms with van der Waals surface area (Å²) in [4.78, 5) is 0. The van der Waals surface area contributed by atoms with E-state index in [0.717, 1.165) is 22.7 Å². The van der Waals surface area contributed by atoms with Crippen LogP contribution < -0.4 is 14.8 Å². The minimum Gasteiger partial charge on any atom is -0.497 e. The van der Waals surface area contributed by atoms with Crippen molar-refractivity contribution < 1.29 is 9.47 Å². The molecule has 2 rings (SSSR count). The number of nitrogens with one attached hydrogen (secondary N) is 1. The van der Waals surface area contributed by atoms with Crippen molar-refractivity contribution in [1.82, 2.24) is 0 Å². The molecular formula is C15H15Cl2NO2. The maximum absolute atomic E-state index is 5.99. The van der Waals surface area contributed by atoms with Crippen LogP contribution >= 0.6 is 23.2 Å². The first-order valence-electron chi connectivity index (χ1n) is 6.04. The Kier molecular flexibility index (Phi) is 4.99. The number of methoxy groups -OCH3 is 2. The molecule has 106 valence electrons. The summed E-state index contributed by atoms with van der Waals surface area (Å²) in [5.74, 6) is 1.48. The van der Waals surface area contributed by atoms with E-state index in [1.54, 1.807) is 20.3 Å². The summed E-state index contributed by atoms with van der Waals surface area (Å²) in [6.07, 6.45) is 0. The molecule has 0 spiro atoms. The molecule has 0 radical (unpaired) electrons. The monoisotopic (exact) mass is 311 g/mol. The molecular weight excluding hydrogens is 297 g/mol. The zero-order chi connectivity index (χ0) is 14.5. The van der Waals surface area contributed by atoms with Crippen molar-refractivity contribution in [2.45, 2.75) is 6.54 Å². The summed E-state index contributed by atoms with van der Waals surface area (Å²) in [5, 5.41) is 4.40. The average Bonchev–Trinajstić information content (AvgIpc) is 2.48. The molecule has 0 aliphatic heterocycles. The first-order chi connectivity index (χ1) is 9.63. The summed E-state index contributed by atoms with van der Waals surface area (Å²) < 4.78 is 10.5. The lowest BCUT2D eigenvalue weighted by atomic mass is 10.2. The Morgan fingerprint density at radius 2 is 1.75 bits per heavy atom. The Balaban J connectivity index is 2.12. The van der Waals surface area contributed by atoms with Gasteiger partial charge in [-0.05, 0) is 29.8 Å². The average molecular weight is 312 g/mol. The maximum atomic E-state index is 5.99. The van der Waals surface area contributed by atoms with E-state index in [2.05, 4.69) is 5.32 Å². The number of ether oxygens (including phenoxy) is 2. The minimum absolute atomic E-state index is 0.549. The quantitative estimate of drug-likeness (QED) is 0.873. The lowest BCUT2D eigenvalue weighted by Crippen LogP contribution is -2.01. The van der Waals surface area contributed by atoms with Crippen molar-refractivity contribution in [2.75, 3.05) is 19.5 Å². The van der Waals surface area contributed by atoms with E-state index >= 15 is 0 Å². The molecule has 0 aliphatic carbocycles. The van der Waals surface area contributed by atoms with Gasteiger partial charge in [0, 0.05) is 12.6 Å². The normalized spacial score (nSPS) is 10.2. The Morgan fingerprint density at radius 3 is 2.40 bits per heavy atom. The Morgan fingerprint density at radius 1 is 0.950 bits per heavy atom. The number of hydrogen-bond donors (Lipinski definition) is 1. The molecule has 0 unspecified atom stereocenters. The van der Waals surface area contributed by atoms with E-state index in [4.69, 9.17) is 32.7 Å². The lowest BCUT2D eigenvalue weighted by Gasteiger charge is -2.12. The third-order valence-electron chi connectivity index (χ3n) is 2.88. The van der Waals surface area contributed by atoms with Crippen LogP contribution in [0.3, 0.4) is 0 Å². The van der Waals surface area contributed by atoms with Gasteiger partial charge in [-0.25, -0.2) is 0 Å². The second-order valence-corrected chi connectivity index (χ2v) is 4.98. The Hall–Kier alpha value is -1.58. The van der Waals surface area contributed by atoms with Crippen molar-refractivity contribution in [3.8, 4) is 11.5 Å². The van der Waals surface area contributed by atoms with Gasteiger partial charge in [-0.15, -0.1) is 0 Å². The van der Waals surface area contributed by atoms with Crippen LogP contribution in [0.25, 0.3) is 0 Å². The molecule has 0 bridgehead atoms. The highest BCUT2D eigenvalue weighted by Crippen LogP contribution is 2.30. The molecule has 20 heavy (non-hydrogen) atoms. The van der Waals surface area contributed by atoms with Crippen molar-refractivity contribution in [3.63, 3.8) is 0 Å². The van der Waals surface area contributed by atoms with Crippen LogP contribution in [-0.4, -0.2) is 14.2 Å². The smallest absolute Gasteiger partial charge is 0.145 e. The largest absolute Gasteiger partial charge is 0.497 e. The van der Waals surface area contributed by atoms with Crippen LogP contribution in [0.1, 0.15) is 5.56 Å². The van der Waals surface area contributed by atoms with Gasteiger partial charge in [0.05, 0.1) is 30.0 Å².